The molecule has 1 aliphatic rings. The van der Waals surface area contributed by atoms with Gasteiger partial charge in [0.05, 0.1) is 23.9 Å². The summed E-state index contributed by atoms with van der Waals surface area (Å²) >= 11 is 0. The first kappa shape index (κ1) is 18.5. The first-order chi connectivity index (χ1) is 10.4. The molecule has 0 heterocycles. The zero-order valence-electron chi connectivity index (χ0n) is 13.6. The first-order valence-corrected chi connectivity index (χ1v) is 7.92. The molecule has 3 atom stereocenters. The summed E-state index contributed by atoms with van der Waals surface area (Å²) in [6.45, 7) is 5.43. The minimum Gasteiger partial charge on any atom is -0.481 e. The minimum atomic E-state index is -0.953. The van der Waals surface area contributed by atoms with Crippen molar-refractivity contribution >= 4 is 17.9 Å². The van der Waals surface area contributed by atoms with Crippen molar-refractivity contribution in [2.75, 3.05) is 13.2 Å². The third kappa shape index (κ3) is 4.45. The summed E-state index contributed by atoms with van der Waals surface area (Å²) in [6, 6.07) is 0. The maximum atomic E-state index is 12.2. The van der Waals surface area contributed by atoms with Crippen molar-refractivity contribution in [3.05, 3.63) is 0 Å². The molecule has 0 saturated heterocycles. The summed E-state index contributed by atoms with van der Waals surface area (Å²) < 4.78 is 10.3. The summed E-state index contributed by atoms with van der Waals surface area (Å²) in [5.41, 5.74) is -0.890. The van der Waals surface area contributed by atoms with Crippen LogP contribution in [0.2, 0.25) is 0 Å². The van der Waals surface area contributed by atoms with E-state index in [0.29, 0.717) is 19.3 Å². The number of carboxylic acids is 1. The Morgan fingerprint density at radius 3 is 2.18 bits per heavy atom. The van der Waals surface area contributed by atoms with Gasteiger partial charge in [-0.25, -0.2) is 0 Å². The SMILES string of the molecule is CCOC(=O)C(C)(CC)COC(=O)C1CCCCC1C(=O)O. The van der Waals surface area contributed by atoms with E-state index in [-0.39, 0.29) is 13.2 Å². The molecular formula is C16H26O6. The Kier molecular flexibility index (Phi) is 6.84. The molecule has 1 aliphatic carbocycles. The second-order valence-corrected chi connectivity index (χ2v) is 6.08. The number of aliphatic carboxylic acids is 1. The highest BCUT2D eigenvalue weighted by Crippen LogP contribution is 2.32. The predicted octanol–water partition coefficient (Wildman–Crippen LogP) is 2.40. The molecule has 0 aromatic rings. The molecule has 1 N–H and O–H groups in total. The van der Waals surface area contributed by atoms with E-state index in [2.05, 4.69) is 0 Å². The van der Waals surface area contributed by atoms with Crippen LogP contribution in [0.1, 0.15) is 52.9 Å². The predicted molar refractivity (Wildman–Crippen MR) is 79.1 cm³/mol. The average molecular weight is 314 g/mol. The van der Waals surface area contributed by atoms with E-state index in [4.69, 9.17) is 9.47 Å². The van der Waals surface area contributed by atoms with E-state index in [1.54, 1.807) is 13.8 Å². The third-order valence-corrected chi connectivity index (χ3v) is 4.47. The number of ether oxygens (including phenoxy) is 2. The van der Waals surface area contributed by atoms with Gasteiger partial charge < -0.3 is 14.6 Å². The minimum absolute atomic E-state index is 0.0794. The van der Waals surface area contributed by atoms with Crippen LogP contribution in [0.15, 0.2) is 0 Å². The smallest absolute Gasteiger partial charge is 0.315 e. The van der Waals surface area contributed by atoms with E-state index < -0.39 is 35.2 Å². The summed E-state index contributed by atoms with van der Waals surface area (Å²) in [7, 11) is 0. The molecule has 0 bridgehead atoms. The quantitative estimate of drug-likeness (QED) is 0.726. The zero-order valence-corrected chi connectivity index (χ0v) is 13.6. The van der Waals surface area contributed by atoms with Crippen molar-refractivity contribution < 1.29 is 29.0 Å². The van der Waals surface area contributed by atoms with Crippen molar-refractivity contribution in [3.8, 4) is 0 Å². The van der Waals surface area contributed by atoms with Gasteiger partial charge in [0.1, 0.15) is 6.61 Å². The highest BCUT2D eigenvalue weighted by molar-refractivity contribution is 5.82. The Morgan fingerprint density at radius 1 is 1.09 bits per heavy atom. The largest absolute Gasteiger partial charge is 0.481 e. The van der Waals surface area contributed by atoms with Gasteiger partial charge in [0.15, 0.2) is 0 Å². The van der Waals surface area contributed by atoms with Crippen molar-refractivity contribution in [1.29, 1.82) is 0 Å². The molecule has 1 fully saturated rings. The van der Waals surface area contributed by atoms with E-state index in [1.165, 1.54) is 0 Å². The van der Waals surface area contributed by atoms with Crippen molar-refractivity contribution in [1.82, 2.24) is 0 Å². The third-order valence-electron chi connectivity index (χ3n) is 4.47. The van der Waals surface area contributed by atoms with Crippen LogP contribution in [0.5, 0.6) is 0 Å². The Labute approximate surface area is 131 Å². The topological polar surface area (TPSA) is 89.9 Å². The van der Waals surface area contributed by atoms with Gasteiger partial charge in [-0.05, 0) is 33.1 Å². The van der Waals surface area contributed by atoms with Crippen LogP contribution in [0.25, 0.3) is 0 Å². The lowest BCUT2D eigenvalue weighted by Gasteiger charge is -2.29. The number of carbonyl (C=O) groups excluding carboxylic acids is 2. The molecule has 0 aliphatic heterocycles. The van der Waals surface area contributed by atoms with Gasteiger partial charge in [-0.1, -0.05) is 19.8 Å². The Hall–Kier alpha value is -1.59. The van der Waals surface area contributed by atoms with Crippen molar-refractivity contribution in [2.45, 2.75) is 52.9 Å². The highest BCUT2D eigenvalue weighted by atomic mass is 16.6. The average Bonchev–Trinajstić information content (AvgIpc) is 2.52. The zero-order chi connectivity index (χ0) is 16.8. The van der Waals surface area contributed by atoms with Crippen LogP contribution in [-0.2, 0) is 23.9 Å². The molecule has 0 radical (unpaired) electrons. The molecule has 0 spiro atoms. The van der Waals surface area contributed by atoms with Crippen molar-refractivity contribution in [2.24, 2.45) is 17.3 Å². The van der Waals surface area contributed by atoms with Crippen LogP contribution >= 0.6 is 0 Å². The molecular weight excluding hydrogens is 288 g/mol. The van der Waals surface area contributed by atoms with E-state index in [9.17, 15) is 19.5 Å². The maximum absolute atomic E-state index is 12.2. The fourth-order valence-corrected chi connectivity index (χ4v) is 2.66. The second kappa shape index (κ2) is 8.15. The molecule has 0 amide bonds. The Balaban J connectivity index is 2.66. The monoisotopic (exact) mass is 314 g/mol. The summed E-state index contributed by atoms with van der Waals surface area (Å²) in [6.07, 6.45) is 3.14. The maximum Gasteiger partial charge on any atom is 0.315 e. The second-order valence-electron chi connectivity index (χ2n) is 6.08. The summed E-state index contributed by atoms with van der Waals surface area (Å²) in [4.78, 5) is 35.4. The first-order valence-electron chi connectivity index (χ1n) is 7.92. The number of hydrogen-bond acceptors (Lipinski definition) is 5. The fourth-order valence-electron chi connectivity index (χ4n) is 2.66. The number of rotatable bonds is 7. The van der Waals surface area contributed by atoms with Gasteiger partial charge in [0.25, 0.3) is 0 Å². The molecule has 126 valence electrons. The molecule has 6 heteroatoms. The van der Waals surface area contributed by atoms with Crippen LogP contribution in [-0.4, -0.2) is 36.2 Å². The van der Waals surface area contributed by atoms with Gasteiger partial charge in [-0.2, -0.15) is 0 Å². The van der Waals surface area contributed by atoms with Crippen LogP contribution < -0.4 is 0 Å². The normalized spacial score (nSPS) is 24.1. The van der Waals surface area contributed by atoms with E-state index in [0.717, 1.165) is 12.8 Å². The Morgan fingerprint density at radius 2 is 1.68 bits per heavy atom. The van der Waals surface area contributed by atoms with Crippen molar-refractivity contribution in [3.63, 3.8) is 0 Å². The molecule has 0 aromatic carbocycles. The summed E-state index contributed by atoms with van der Waals surface area (Å²) in [5, 5.41) is 9.21. The number of carboxylic acid groups (broad SMARTS) is 1. The van der Waals surface area contributed by atoms with Gasteiger partial charge in [-0.15, -0.1) is 0 Å². The lowest BCUT2D eigenvalue weighted by Crippen LogP contribution is -2.38. The number of esters is 2. The lowest BCUT2D eigenvalue weighted by atomic mass is 9.79. The number of hydrogen-bond donors (Lipinski definition) is 1. The van der Waals surface area contributed by atoms with E-state index >= 15 is 0 Å². The van der Waals surface area contributed by atoms with Gasteiger partial charge >= 0.3 is 17.9 Å². The molecule has 1 rings (SSSR count). The molecule has 1 saturated carbocycles. The summed E-state index contributed by atoms with van der Waals surface area (Å²) in [5.74, 6) is -3.17. The molecule has 22 heavy (non-hydrogen) atoms. The van der Waals surface area contributed by atoms with Gasteiger partial charge in [0, 0.05) is 0 Å². The van der Waals surface area contributed by atoms with Crippen LogP contribution in [0, 0.1) is 17.3 Å². The van der Waals surface area contributed by atoms with Gasteiger partial charge in [-0.3, -0.25) is 14.4 Å². The fraction of sp³-hybridized carbons (Fsp3) is 0.812. The standard InChI is InChI=1S/C16H26O6/c1-4-16(3,15(20)21-5-2)10-22-14(19)12-9-7-6-8-11(12)13(17)18/h11-12H,4-10H2,1-3H3,(H,17,18). The van der Waals surface area contributed by atoms with Crippen LogP contribution in [0.3, 0.4) is 0 Å². The Bertz CT molecular complexity index is 419. The van der Waals surface area contributed by atoms with Gasteiger partial charge in [0.2, 0.25) is 0 Å². The number of carbonyl (C=O) groups is 3. The highest BCUT2D eigenvalue weighted by Gasteiger charge is 2.39. The molecule has 3 unspecified atom stereocenters. The molecule has 0 aromatic heterocycles. The molecule has 6 nitrogen and oxygen atoms in total. The lowest BCUT2D eigenvalue weighted by molar-refractivity contribution is -0.168. The van der Waals surface area contributed by atoms with Crippen LogP contribution in [0.4, 0.5) is 0 Å². The van der Waals surface area contributed by atoms with E-state index in [1.807, 2.05) is 6.92 Å².